The summed E-state index contributed by atoms with van der Waals surface area (Å²) in [6.45, 7) is 11.4. The van der Waals surface area contributed by atoms with E-state index < -0.39 is 0 Å². The Balaban J connectivity index is 2.04. The molecule has 1 fully saturated rings. The van der Waals surface area contributed by atoms with Gasteiger partial charge in [-0.1, -0.05) is 13.0 Å². The SMILES string of the molecule is CCN1C(=O)C(=Cc2ccc3c(c2)[C@H](C)CC(C)(C)N3C)C(=O)N(CC)C1=S. The molecule has 2 amide bonds. The smallest absolute Gasteiger partial charge is 0.265 e. The highest BCUT2D eigenvalue weighted by Gasteiger charge is 2.38. The molecule has 1 aromatic carbocycles. The summed E-state index contributed by atoms with van der Waals surface area (Å²) in [6, 6.07) is 6.19. The van der Waals surface area contributed by atoms with Crippen LogP contribution < -0.4 is 4.90 Å². The summed E-state index contributed by atoms with van der Waals surface area (Å²) in [4.78, 5) is 31.0. The monoisotopic (exact) mass is 399 g/mol. The van der Waals surface area contributed by atoms with Crippen LogP contribution in [0.3, 0.4) is 0 Å². The number of rotatable bonds is 3. The van der Waals surface area contributed by atoms with Gasteiger partial charge in [-0.2, -0.15) is 0 Å². The van der Waals surface area contributed by atoms with Crippen molar-refractivity contribution in [3.63, 3.8) is 0 Å². The van der Waals surface area contributed by atoms with Crippen LogP contribution in [0.25, 0.3) is 6.08 Å². The molecule has 2 aliphatic rings. The van der Waals surface area contributed by atoms with E-state index in [-0.39, 0.29) is 22.9 Å². The molecule has 0 aromatic heterocycles. The third-order valence-electron chi connectivity index (χ3n) is 6.01. The zero-order chi connectivity index (χ0) is 20.8. The second-order valence-electron chi connectivity index (χ2n) is 8.23. The second-order valence-corrected chi connectivity index (χ2v) is 8.60. The Hall–Kier alpha value is -2.21. The fourth-order valence-corrected chi connectivity index (χ4v) is 4.66. The molecule has 2 heterocycles. The summed E-state index contributed by atoms with van der Waals surface area (Å²) in [5, 5.41) is 0.292. The Labute approximate surface area is 173 Å². The minimum atomic E-state index is -0.314. The molecule has 0 unspecified atom stereocenters. The van der Waals surface area contributed by atoms with Gasteiger partial charge in [0, 0.05) is 31.4 Å². The molecular formula is C22H29N3O2S. The number of fused-ring (bicyclic) bond motifs is 1. The van der Waals surface area contributed by atoms with Crippen molar-refractivity contribution in [3.8, 4) is 0 Å². The molecule has 0 N–H and O–H groups in total. The second kappa shape index (κ2) is 7.32. The normalized spacial score (nSPS) is 21.9. The zero-order valence-corrected chi connectivity index (χ0v) is 18.4. The minimum absolute atomic E-state index is 0.0979. The molecule has 6 heteroatoms. The molecule has 2 aliphatic heterocycles. The van der Waals surface area contributed by atoms with Crippen molar-refractivity contribution in [2.75, 3.05) is 25.0 Å². The highest BCUT2D eigenvalue weighted by Crippen LogP contribution is 2.42. The first-order valence-electron chi connectivity index (χ1n) is 9.89. The summed E-state index contributed by atoms with van der Waals surface area (Å²) in [6.07, 6.45) is 2.76. The maximum atomic E-state index is 12.8. The standard InChI is InChI=1S/C22H29N3O2S/c1-7-24-19(26)17(20(27)25(8-2)21(24)28)12-15-9-10-18-16(11-15)14(3)13-22(4,5)23(18)6/h9-12,14H,7-8,13H2,1-6H3/t14-/m1/s1. The fourth-order valence-electron chi connectivity index (χ4n) is 4.23. The van der Waals surface area contributed by atoms with Crippen molar-refractivity contribution in [2.24, 2.45) is 0 Å². The van der Waals surface area contributed by atoms with Crippen LogP contribution in [-0.2, 0) is 9.59 Å². The molecule has 1 atom stereocenters. The van der Waals surface area contributed by atoms with Gasteiger partial charge in [0.25, 0.3) is 11.8 Å². The molecule has 0 radical (unpaired) electrons. The van der Waals surface area contributed by atoms with Crippen molar-refractivity contribution >= 4 is 40.9 Å². The Bertz CT molecular complexity index is 847. The third kappa shape index (κ3) is 3.24. The molecule has 0 bridgehead atoms. The Morgan fingerprint density at radius 2 is 1.71 bits per heavy atom. The molecule has 3 rings (SSSR count). The average molecular weight is 400 g/mol. The first kappa shape index (κ1) is 20.5. The Morgan fingerprint density at radius 3 is 2.25 bits per heavy atom. The largest absolute Gasteiger partial charge is 0.369 e. The maximum absolute atomic E-state index is 12.8. The molecule has 0 aliphatic carbocycles. The van der Waals surface area contributed by atoms with Crippen LogP contribution in [0.5, 0.6) is 0 Å². The molecule has 1 saturated heterocycles. The van der Waals surface area contributed by atoms with E-state index >= 15 is 0 Å². The predicted octanol–water partition coefficient (Wildman–Crippen LogP) is 3.79. The molecule has 150 valence electrons. The van der Waals surface area contributed by atoms with Crippen LogP contribution in [0.2, 0.25) is 0 Å². The van der Waals surface area contributed by atoms with Crippen molar-refractivity contribution in [2.45, 2.75) is 52.5 Å². The summed E-state index contributed by atoms with van der Waals surface area (Å²) < 4.78 is 0. The van der Waals surface area contributed by atoms with Crippen molar-refractivity contribution < 1.29 is 9.59 Å². The lowest BCUT2D eigenvalue weighted by atomic mass is 9.80. The van der Waals surface area contributed by atoms with E-state index in [1.54, 1.807) is 6.08 Å². The van der Waals surface area contributed by atoms with Gasteiger partial charge in [0.05, 0.1) is 0 Å². The van der Waals surface area contributed by atoms with Gasteiger partial charge in [-0.05, 0) is 81.6 Å². The van der Waals surface area contributed by atoms with Crippen molar-refractivity contribution in [1.82, 2.24) is 9.80 Å². The highest BCUT2D eigenvalue weighted by atomic mass is 32.1. The number of carbonyl (C=O) groups excluding carboxylic acids is 2. The van der Waals surface area contributed by atoms with E-state index in [1.165, 1.54) is 21.1 Å². The van der Waals surface area contributed by atoms with Crippen LogP contribution >= 0.6 is 12.2 Å². The summed E-state index contributed by atoms with van der Waals surface area (Å²) in [5.41, 5.74) is 3.60. The number of hydrogen-bond acceptors (Lipinski definition) is 4. The number of amides is 2. The van der Waals surface area contributed by atoms with Gasteiger partial charge < -0.3 is 4.90 Å². The van der Waals surface area contributed by atoms with Crippen molar-refractivity contribution in [3.05, 3.63) is 34.9 Å². The van der Waals surface area contributed by atoms with Gasteiger partial charge in [0.15, 0.2) is 5.11 Å². The van der Waals surface area contributed by atoms with Crippen LogP contribution in [0.4, 0.5) is 5.69 Å². The van der Waals surface area contributed by atoms with Crippen LogP contribution in [-0.4, -0.2) is 52.4 Å². The molecule has 0 saturated carbocycles. The quantitative estimate of drug-likeness (QED) is 0.441. The number of carbonyl (C=O) groups is 2. The van der Waals surface area contributed by atoms with Gasteiger partial charge in [-0.15, -0.1) is 0 Å². The van der Waals surface area contributed by atoms with Crippen molar-refractivity contribution in [1.29, 1.82) is 0 Å². The first-order chi connectivity index (χ1) is 13.1. The maximum Gasteiger partial charge on any atom is 0.265 e. The first-order valence-corrected chi connectivity index (χ1v) is 10.3. The molecule has 0 spiro atoms. The molecule has 5 nitrogen and oxygen atoms in total. The van der Waals surface area contributed by atoms with Crippen LogP contribution in [0.15, 0.2) is 23.8 Å². The topological polar surface area (TPSA) is 43.9 Å². The lowest BCUT2D eigenvalue weighted by molar-refractivity contribution is -0.133. The summed E-state index contributed by atoms with van der Waals surface area (Å²) in [7, 11) is 2.12. The molecular weight excluding hydrogens is 370 g/mol. The van der Waals surface area contributed by atoms with Gasteiger partial charge >= 0.3 is 0 Å². The molecule has 28 heavy (non-hydrogen) atoms. The zero-order valence-electron chi connectivity index (χ0n) is 17.6. The average Bonchev–Trinajstić information content (AvgIpc) is 2.64. The lowest BCUT2D eigenvalue weighted by Gasteiger charge is -2.45. The van der Waals surface area contributed by atoms with Gasteiger partial charge in [0.2, 0.25) is 0 Å². The Morgan fingerprint density at radius 1 is 1.14 bits per heavy atom. The number of benzene rings is 1. The lowest BCUT2D eigenvalue weighted by Crippen LogP contribution is -2.55. The number of nitrogens with zero attached hydrogens (tertiary/aromatic N) is 3. The van der Waals surface area contributed by atoms with Crippen LogP contribution in [0.1, 0.15) is 58.1 Å². The van der Waals surface area contributed by atoms with E-state index in [4.69, 9.17) is 12.2 Å². The Kier molecular flexibility index (Phi) is 5.36. The molecule has 1 aromatic rings. The minimum Gasteiger partial charge on any atom is -0.369 e. The number of hydrogen-bond donors (Lipinski definition) is 0. The number of likely N-dealkylation sites (N-methyl/N-ethyl adjacent to an activating group) is 2. The number of anilines is 1. The van der Waals surface area contributed by atoms with E-state index in [2.05, 4.69) is 44.9 Å². The van der Waals surface area contributed by atoms with Gasteiger partial charge in [-0.25, -0.2) is 0 Å². The van der Waals surface area contributed by atoms with Gasteiger partial charge in [-0.3, -0.25) is 19.4 Å². The van der Waals surface area contributed by atoms with E-state index in [0.29, 0.717) is 24.1 Å². The highest BCUT2D eigenvalue weighted by molar-refractivity contribution is 7.80. The van der Waals surface area contributed by atoms with E-state index in [0.717, 1.165) is 12.0 Å². The summed E-state index contributed by atoms with van der Waals surface area (Å²) >= 11 is 5.33. The summed E-state index contributed by atoms with van der Waals surface area (Å²) in [5.74, 6) is -0.221. The number of thiocarbonyl (C=S) groups is 1. The van der Waals surface area contributed by atoms with E-state index in [1.807, 2.05) is 19.9 Å². The van der Waals surface area contributed by atoms with Crippen LogP contribution in [0, 0.1) is 0 Å². The predicted molar refractivity (Wildman–Crippen MR) is 117 cm³/mol. The third-order valence-corrected chi connectivity index (χ3v) is 6.45. The van der Waals surface area contributed by atoms with E-state index in [9.17, 15) is 9.59 Å². The van der Waals surface area contributed by atoms with Gasteiger partial charge in [0.1, 0.15) is 5.57 Å². The fraction of sp³-hybridized carbons (Fsp3) is 0.500.